The van der Waals surface area contributed by atoms with Crippen molar-refractivity contribution in [1.29, 1.82) is 0 Å². The third kappa shape index (κ3) is 4.78. The molecule has 0 spiro atoms. The van der Waals surface area contributed by atoms with Crippen LogP contribution in [-0.2, 0) is 11.4 Å². The first-order chi connectivity index (χ1) is 13.6. The first kappa shape index (κ1) is 20.1. The number of thioether (sulfide) groups is 1. The molecule has 0 saturated heterocycles. The molecule has 28 heavy (non-hydrogen) atoms. The first-order valence-corrected chi connectivity index (χ1v) is 10.2. The second-order valence-corrected chi connectivity index (χ2v) is 7.19. The van der Waals surface area contributed by atoms with Gasteiger partial charge in [-0.3, -0.25) is 4.79 Å². The van der Waals surface area contributed by atoms with Crippen molar-refractivity contribution in [2.75, 3.05) is 25.3 Å². The Morgan fingerprint density at radius 2 is 2.18 bits per heavy atom. The number of ether oxygens (including phenoxy) is 2. The van der Waals surface area contributed by atoms with Crippen LogP contribution in [0.2, 0.25) is 0 Å². The van der Waals surface area contributed by atoms with Crippen molar-refractivity contribution in [3.8, 4) is 11.5 Å². The maximum atomic E-state index is 12.6. The van der Waals surface area contributed by atoms with Crippen LogP contribution < -0.4 is 15.3 Å². The van der Waals surface area contributed by atoms with Crippen LogP contribution in [0, 0.1) is 0 Å². The summed E-state index contributed by atoms with van der Waals surface area (Å²) < 4.78 is 12.2. The number of methoxy groups -OCH3 is 1. The number of allylic oxidation sites excluding steroid dienone is 2. The number of hydrogen-bond acceptors (Lipinski definition) is 7. The summed E-state index contributed by atoms with van der Waals surface area (Å²) in [5.41, 5.74) is 1.12. The van der Waals surface area contributed by atoms with E-state index < -0.39 is 0 Å². The predicted molar refractivity (Wildman–Crippen MR) is 108 cm³/mol. The Balaban J connectivity index is 1.56. The molecule has 1 aliphatic rings. The summed E-state index contributed by atoms with van der Waals surface area (Å²) >= 11 is 1.28. The highest BCUT2D eigenvalue weighted by molar-refractivity contribution is 7.99. The van der Waals surface area contributed by atoms with E-state index in [9.17, 15) is 4.79 Å². The standard InChI is InChI=1S/C19H25N5O3S/c1-3-23(14-7-4-5-8-14)18(25)13-28-19-22-21-17(24(19)20)12-27-16-10-6-9-15(11-16)26-2/h6-7,9-11H,3-5,8,12-13,20H2,1-2H3. The fraction of sp³-hybridized carbons (Fsp3) is 0.421. The largest absolute Gasteiger partial charge is 0.497 e. The summed E-state index contributed by atoms with van der Waals surface area (Å²) in [7, 11) is 1.60. The number of rotatable bonds is 9. The molecule has 0 bridgehead atoms. The van der Waals surface area contributed by atoms with Crippen LogP contribution in [0.4, 0.5) is 0 Å². The molecule has 150 valence electrons. The van der Waals surface area contributed by atoms with E-state index in [-0.39, 0.29) is 18.3 Å². The van der Waals surface area contributed by atoms with Crippen molar-refractivity contribution in [3.05, 3.63) is 41.9 Å². The van der Waals surface area contributed by atoms with Gasteiger partial charge in [-0.2, -0.15) is 0 Å². The Bertz CT molecular complexity index is 852. The van der Waals surface area contributed by atoms with Gasteiger partial charge in [0.25, 0.3) is 0 Å². The van der Waals surface area contributed by atoms with E-state index >= 15 is 0 Å². The number of amides is 1. The molecule has 8 nitrogen and oxygen atoms in total. The van der Waals surface area contributed by atoms with Crippen molar-refractivity contribution in [2.45, 2.75) is 37.9 Å². The van der Waals surface area contributed by atoms with Crippen LogP contribution in [0.15, 0.2) is 41.2 Å². The first-order valence-electron chi connectivity index (χ1n) is 9.20. The fourth-order valence-electron chi connectivity index (χ4n) is 2.99. The minimum absolute atomic E-state index is 0.0535. The van der Waals surface area contributed by atoms with Crippen molar-refractivity contribution in [2.24, 2.45) is 0 Å². The topological polar surface area (TPSA) is 95.5 Å². The molecule has 1 aromatic heterocycles. The molecular weight excluding hydrogens is 378 g/mol. The van der Waals surface area contributed by atoms with E-state index in [2.05, 4.69) is 16.3 Å². The maximum absolute atomic E-state index is 12.6. The van der Waals surface area contributed by atoms with E-state index in [4.69, 9.17) is 15.3 Å². The highest BCUT2D eigenvalue weighted by Crippen LogP contribution is 2.24. The summed E-state index contributed by atoms with van der Waals surface area (Å²) in [6.07, 6.45) is 5.26. The van der Waals surface area contributed by atoms with Crippen molar-refractivity contribution in [1.82, 2.24) is 19.8 Å². The summed E-state index contributed by atoms with van der Waals surface area (Å²) in [6, 6.07) is 7.28. The van der Waals surface area contributed by atoms with E-state index in [0.29, 0.717) is 29.0 Å². The van der Waals surface area contributed by atoms with Crippen LogP contribution in [0.25, 0.3) is 0 Å². The lowest BCUT2D eigenvalue weighted by molar-refractivity contribution is -0.126. The number of carbonyl (C=O) groups is 1. The van der Waals surface area contributed by atoms with Crippen molar-refractivity contribution >= 4 is 17.7 Å². The van der Waals surface area contributed by atoms with Gasteiger partial charge in [-0.1, -0.05) is 23.9 Å². The van der Waals surface area contributed by atoms with Gasteiger partial charge in [-0.25, -0.2) is 4.68 Å². The number of nitrogen functional groups attached to an aromatic ring is 1. The van der Waals surface area contributed by atoms with Gasteiger partial charge < -0.3 is 20.2 Å². The second kappa shape index (κ2) is 9.50. The molecule has 2 aromatic rings. The quantitative estimate of drug-likeness (QED) is 0.508. The monoisotopic (exact) mass is 403 g/mol. The highest BCUT2D eigenvalue weighted by atomic mass is 32.2. The summed E-state index contributed by atoms with van der Waals surface area (Å²) in [5, 5.41) is 8.63. The molecule has 9 heteroatoms. The summed E-state index contributed by atoms with van der Waals surface area (Å²) in [4.78, 5) is 14.4. The lowest BCUT2D eigenvalue weighted by Crippen LogP contribution is -2.31. The third-order valence-corrected chi connectivity index (χ3v) is 5.38. The van der Waals surface area contributed by atoms with E-state index in [1.165, 1.54) is 16.4 Å². The van der Waals surface area contributed by atoms with Gasteiger partial charge in [0.05, 0.1) is 12.9 Å². The number of carbonyl (C=O) groups excluding carboxylic acids is 1. The Hall–Kier alpha value is -2.68. The molecule has 0 fully saturated rings. The van der Waals surface area contributed by atoms with Gasteiger partial charge in [0.15, 0.2) is 5.82 Å². The summed E-state index contributed by atoms with van der Waals surface area (Å²) in [6.45, 7) is 2.82. The number of benzene rings is 1. The van der Waals surface area contributed by atoms with Gasteiger partial charge in [-0.15, -0.1) is 10.2 Å². The van der Waals surface area contributed by atoms with E-state index in [1.54, 1.807) is 13.2 Å². The zero-order chi connectivity index (χ0) is 19.9. The minimum atomic E-state index is 0.0535. The Kier molecular flexibility index (Phi) is 6.80. The SMILES string of the molecule is CCN(C(=O)CSc1nnc(COc2cccc(OC)c2)n1N)C1=CCCC1. The zero-order valence-electron chi connectivity index (χ0n) is 16.1. The number of aromatic nitrogens is 3. The lowest BCUT2D eigenvalue weighted by atomic mass is 10.3. The molecule has 0 radical (unpaired) electrons. The van der Waals surface area contributed by atoms with Gasteiger partial charge in [-0.05, 0) is 38.3 Å². The van der Waals surface area contributed by atoms with Gasteiger partial charge in [0.2, 0.25) is 11.1 Å². The number of nitrogens with zero attached hydrogens (tertiary/aromatic N) is 4. The molecule has 0 saturated carbocycles. The van der Waals surface area contributed by atoms with Gasteiger partial charge in [0.1, 0.15) is 18.1 Å². The fourth-order valence-corrected chi connectivity index (χ4v) is 3.74. The van der Waals surface area contributed by atoms with Crippen LogP contribution >= 0.6 is 11.8 Å². The van der Waals surface area contributed by atoms with Gasteiger partial charge >= 0.3 is 0 Å². The van der Waals surface area contributed by atoms with Crippen molar-refractivity contribution in [3.63, 3.8) is 0 Å². The van der Waals surface area contributed by atoms with E-state index in [1.807, 2.05) is 30.0 Å². The second-order valence-electron chi connectivity index (χ2n) is 6.25. The Morgan fingerprint density at radius 1 is 1.36 bits per heavy atom. The number of nitrogens with two attached hydrogens (primary N) is 1. The zero-order valence-corrected chi connectivity index (χ0v) is 16.9. The smallest absolute Gasteiger partial charge is 0.237 e. The van der Waals surface area contributed by atoms with Crippen LogP contribution in [0.5, 0.6) is 11.5 Å². The molecule has 0 unspecified atom stereocenters. The molecular formula is C19H25N5O3S. The molecule has 3 rings (SSSR count). The molecule has 1 amide bonds. The predicted octanol–water partition coefficient (Wildman–Crippen LogP) is 2.59. The van der Waals surface area contributed by atoms with Crippen LogP contribution in [0.1, 0.15) is 32.0 Å². The summed E-state index contributed by atoms with van der Waals surface area (Å²) in [5.74, 6) is 8.22. The average Bonchev–Trinajstić information content (AvgIpc) is 3.36. The van der Waals surface area contributed by atoms with Crippen molar-refractivity contribution < 1.29 is 14.3 Å². The molecule has 2 N–H and O–H groups in total. The number of hydrogen-bond donors (Lipinski definition) is 1. The van der Waals surface area contributed by atoms with Gasteiger partial charge in [0, 0.05) is 18.3 Å². The van der Waals surface area contributed by atoms with Crippen LogP contribution in [-0.4, -0.2) is 45.1 Å². The average molecular weight is 404 g/mol. The molecule has 0 aliphatic heterocycles. The minimum Gasteiger partial charge on any atom is -0.497 e. The molecule has 0 atom stereocenters. The maximum Gasteiger partial charge on any atom is 0.237 e. The Labute approximate surface area is 168 Å². The molecule has 1 aromatic carbocycles. The van der Waals surface area contributed by atoms with E-state index in [0.717, 1.165) is 25.0 Å². The molecule has 1 heterocycles. The highest BCUT2D eigenvalue weighted by Gasteiger charge is 2.20. The lowest BCUT2D eigenvalue weighted by Gasteiger charge is -2.21. The normalized spacial score (nSPS) is 13.3. The molecule has 1 aliphatic carbocycles. The third-order valence-electron chi connectivity index (χ3n) is 4.45. The Morgan fingerprint density at radius 3 is 2.89 bits per heavy atom. The van der Waals surface area contributed by atoms with Crippen LogP contribution in [0.3, 0.4) is 0 Å².